The van der Waals surface area contributed by atoms with Crippen molar-refractivity contribution in [1.29, 1.82) is 0 Å². The molecule has 0 amide bonds. The van der Waals surface area contributed by atoms with Crippen molar-refractivity contribution in [1.82, 2.24) is 5.32 Å². The smallest absolute Gasteiger partial charge is 0.321 e. The molecule has 4 aromatic carbocycles. The Morgan fingerprint density at radius 2 is 1.47 bits per heavy atom. The average molecular weight is 492 g/mol. The first-order valence-electron chi connectivity index (χ1n) is 12.0. The van der Waals surface area contributed by atoms with Crippen molar-refractivity contribution in [3.8, 4) is 22.3 Å². The summed E-state index contributed by atoms with van der Waals surface area (Å²) in [4.78, 5) is 11.2. The summed E-state index contributed by atoms with van der Waals surface area (Å²) in [6, 6.07) is 35.2. The Bertz CT molecular complexity index is 1510. The molecule has 0 radical (unpaired) electrons. The Labute approximate surface area is 214 Å². The molecule has 5 aromatic rings. The molecule has 2 heterocycles. The van der Waals surface area contributed by atoms with Crippen LogP contribution in [0, 0.1) is 0 Å². The first-order chi connectivity index (χ1) is 17.7. The summed E-state index contributed by atoms with van der Waals surface area (Å²) in [5.41, 5.74) is 7.77. The van der Waals surface area contributed by atoms with Gasteiger partial charge in [0.05, 0.1) is 5.37 Å². The second-order valence-corrected chi connectivity index (χ2v) is 10.2. The van der Waals surface area contributed by atoms with E-state index in [1.165, 1.54) is 5.56 Å². The third-order valence-corrected chi connectivity index (χ3v) is 7.94. The van der Waals surface area contributed by atoms with Gasteiger partial charge < -0.3 is 9.52 Å². The Balaban J connectivity index is 1.28. The highest BCUT2D eigenvalue weighted by Gasteiger charge is 2.30. The molecule has 0 bridgehead atoms. The predicted octanol–water partition coefficient (Wildman–Crippen LogP) is 7.15. The normalized spacial score (nSPS) is 17.4. The average Bonchev–Trinajstić information content (AvgIpc) is 3.55. The summed E-state index contributed by atoms with van der Waals surface area (Å²) in [6.07, 6.45) is 0.740. The van der Waals surface area contributed by atoms with Gasteiger partial charge in [0.2, 0.25) is 0 Å². The van der Waals surface area contributed by atoms with Crippen molar-refractivity contribution < 1.29 is 14.3 Å². The molecule has 0 saturated carbocycles. The van der Waals surface area contributed by atoms with Gasteiger partial charge in [-0.2, -0.15) is 0 Å². The quantitative estimate of drug-likeness (QED) is 0.264. The molecule has 0 aliphatic carbocycles. The van der Waals surface area contributed by atoms with Crippen LogP contribution in [0.1, 0.15) is 22.3 Å². The summed E-state index contributed by atoms with van der Waals surface area (Å²) >= 11 is 1.64. The number of aliphatic carboxylic acids is 1. The van der Waals surface area contributed by atoms with Crippen LogP contribution in [0.15, 0.2) is 108 Å². The molecule has 2 atom stereocenters. The highest BCUT2D eigenvalue weighted by atomic mass is 32.2. The SMILES string of the molecule is O=C(O)[C@@H]1CSC(c2ccc(-c3ccc(-c4c(Cc5ccccc5)oc5ccccc45)cc3)cc2)N1. The van der Waals surface area contributed by atoms with Gasteiger partial charge in [-0.15, -0.1) is 11.8 Å². The third-order valence-electron chi connectivity index (χ3n) is 6.68. The predicted molar refractivity (Wildman–Crippen MR) is 146 cm³/mol. The lowest BCUT2D eigenvalue weighted by Crippen LogP contribution is -2.33. The summed E-state index contributed by atoms with van der Waals surface area (Å²) in [5.74, 6) is 0.762. The molecule has 1 aliphatic rings. The third kappa shape index (κ3) is 4.43. The van der Waals surface area contributed by atoms with E-state index in [2.05, 4.69) is 90.2 Å². The molecular formula is C31H25NO3S. The summed E-state index contributed by atoms with van der Waals surface area (Å²) in [7, 11) is 0. The first-order valence-corrected chi connectivity index (χ1v) is 13.1. The second kappa shape index (κ2) is 9.69. The van der Waals surface area contributed by atoms with Crippen LogP contribution < -0.4 is 5.32 Å². The van der Waals surface area contributed by atoms with E-state index in [0.717, 1.165) is 51.0 Å². The van der Waals surface area contributed by atoms with Crippen LogP contribution in [0.4, 0.5) is 0 Å². The van der Waals surface area contributed by atoms with Gasteiger partial charge in [0.15, 0.2) is 0 Å². The fraction of sp³-hybridized carbons (Fsp3) is 0.129. The monoisotopic (exact) mass is 491 g/mol. The molecular weight excluding hydrogens is 466 g/mol. The van der Waals surface area contributed by atoms with Gasteiger partial charge in [-0.1, -0.05) is 97.1 Å². The lowest BCUT2D eigenvalue weighted by Gasteiger charge is -2.12. The molecule has 1 saturated heterocycles. The maximum absolute atomic E-state index is 11.2. The van der Waals surface area contributed by atoms with E-state index in [-0.39, 0.29) is 5.37 Å². The van der Waals surface area contributed by atoms with Crippen molar-refractivity contribution in [2.75, 3.05) is 5.75 Å². The van der Waals surface area contributed by atoms with E-state index in [0.29, 0.717) is 5.75 Å². The van der Waals surface area contributed by atoms with E-state index < -0.39 is 12.0 Å². The molecule has 36 heavy (non-hydrogen) atoms. The molecule has 1 unspecified atom stereocenters. The fourth-order valence-electron chi connectivity index (χ4n) is 4.80. The van der Waals surface area contributed by atoms with E-state index in [1.54, 1.807) is 11.8 Å². The highest BCUT2D eigenvalue weighted by molar-refractivity contribution is 7.99. The van der Waals surface area contributed by atoms with Crippen LogP contribution in [0.2, 0.25) is 0 Å². The zero-order valence-electron chi connectivity index (χ0n) is 19.6. The molecule has 1 aliphatic heterocycles. The van der Waals surface area contributed by atoms with Crippen LogP contribution in [0.3, 0.4) is 0 Å². The lowest BCUT2D eigenvalue weighted by molar-refractivity contribution is -0.138. The molecule has 2 N–H and O–H groups in total. The number of hydrogen-bond donors (Lipinski definition) is 2. The largest absolute Gasteiger partial charge is 0.480 e. The number of hydrogen-bond acceptors (Lipinski definition) is 4. The van der Waals surface area contributed by atoms with E-state index in [1.807, 2.05) is 18.2 Å². The molecule has 6 rings (SSSR count). The molecule has 5 heteroatoms. The topological polar surface area (TPSA) is 62.5 Å². The highest BCUT2D eigenvalue weighted by Crippen LogP contribution is 2.38. The maximum atomic E-state index is 11.2. The number of thioether (sulfide) groups is 1. The number of furan rings is 1. The molecule has 1 fully saturated rings. The van der Waals surface area contributed by atoms with Gasteiger partial charge in [0.1, 0.15) is 17.4 Å². The van der Waals surface area contributed by atoms with Crippen LogP contribution >= 0.6 is 11.8 Å². The number of nitrogens with one attached hydrogen (secondary N) is 1. The van der Waals surface area contributed by atoms with Crippen LogP contribution in [-0.2, 0) is 11.2 Å². The van der Waals surface area contributed by atoms with Gasteiger partial charge in [0.25, 0.3) is 0 Å². The van der Waals surface area contributed by atoms with Crippen LogP contribution in [-0.4, -0.2) is 22.9 Å². The Morgan fingerprint density at radius 3 is 2.17 bits per heavy atom. The van der Waals surface area contributed by atoms with E-state index in [9.17, 15) is 9.90 Å². The van der Waals surface area contributed by atoms with Gasteiger partial charge in [0, 0.05) is 23.1 Å². The maximum Gasteiger partial charge on any atom is 0.321 e. The minimum absolute atomic E-state index is 0.0138. The van der Waals surface area contributed by atoms with Crippen LogP contribution in [0.25, 0.3) is 33.2 Å². The zero-order chi connectivity index (χ0) is 24.5. The van der Waals surface area contributed by atoms with Gasteiger partial charge in [-0.3, -0.25) is 10.1 Å². The first kappa shape index (κ1) is 22.7. The molecule has 4 nitrogen and oxygen atoms in total. The van der Waals surface area contributed by atoms with Crippen molar-refractivity contribution in [3.63, 3.8) is 0 Å². The van der Waals surface area contributed by atoms with Crippen molar-refractivity contribution in [2.45, 2.75) is 17.8 Å². The number of fused-ring (bicyclic) bond motifs is 1. The Morgan fingerprint density at radius 1 is 0.833 bits per heavy atom. The van der Waals surface area contributed by atoms with Crippen molar-refractivity contribution in [3.05, 3.63) is 120 Å². The minimum Gasteiger partial charge on any atom is -0.480 e. The summed E-state index contributed by atoms with van der Waals surface area (Å²) in [5, 5.41) is 13.6. The zero-order valence-corrected chi connectivity index (χ0v) is 20.4. The minimum atomic E-state index is -0.793. The van der Waals surface area contributed by atoms with Gasteiger partial charge >= 0.3 is 5.97 Å². The number of carboxylic acid groups (broad SMARTS) is 1. The number of rotatable bonds is 6. The van der Waals surface area contributed by atoms with Crippen molar-refractivity contribution >= 4 is 28.7 Å². The summed E-state index contributed by atoms with van der Waals surface area (Å²) < 4.78 is 6.31. The van der Waals surface area contributed by atoms with E-state index >= 15 is 0 Å². The Kier molecular flexibility index (Phi) is 6.09. The van der Waals surface area contributed by atoms with Gasteiger partial charge in [-0.05, 0) is 33.9 Å². The molecule has 0 spiro atoms. The number of para-hydroxylation sites is 1. The Hall–Kier alpha value is -3.80. The van der Waals surface area contributed by atoms with E-state index in [4.69, 9.17) is 4.42 Å². The second-order valence-electron chi connectivity index (χ2n) is 9.03. The fourth-order valence-corrected chi connectivity index (χ4v) is 6.04. The standard InChI is InChI=1S/C31H25NO3S/c33-31(34)26-19-36-30(32-26)24-16-12-22(13-17-24)21-10-14-23(15-11-21)29-25-8-4-5-9-27(25)35-28(29)18-20-6-2-1-3-7-20/h1-17,26,30,32H,18-19H2,(H,33,34)/t26-,30?/m0/s1. The van der Waals surface area contributed by atoms with Crippen molar-refractivity contribution in [2.24, 2.45) is 0 Å². The summed E-state index contributed by atoms with van der Waals surface area (Å²) in [6.45, 7) is 0. The number of benzene rings is 4. The number of carboxylic acids is 1. The lowest BCUT2D eigenvalue weighted by atomic mass is 9.96. The van der Waals surface area contributed by atoms with Crippen LogP contribution in [0.5, 0.6) is 0 Å². The van der Waals surface area contributed by atoms with Gasteiger partial charge in [-0.25, -0.2) is 0 Å². The number of carbonyl (C=O) groups is 1. The molecule has 178 valence electrons. The molecule has 1 aromatic heterocycles.